The first-order valence-electron chi connectivity index (χ1n) is 10.7. The van der Waals surface area contributed by atoms with Gasteiger partial charge in [-0.3, -0.25) is 5.32 Å². The van der Waals surface area contributed by atoms with E-state index in [0.29, 0.717) is 5.56 Å². The number of benzene rings is 4. The van der Waals surface area contributed by atoms with E-state index in [1.807, 2.05) is 42.5 Å². The molecule has 3 nitrogen and oxygen atoms in total. The predicted molar refractivity (Wildman–Crippen MR) is 128 cm³/mol. The third-order valence-electron chi connectivity index (χ3n) is 5.76. The van der Waals surface area contributed by atoms with Crippen molar-refractivity contribution in [1.29, 1.82) is 0 Å². The van der Waals surface area contributed by atoms with Gasteiger partial charge < -0.3 is 5.32 Å². The van der Waals surface area contributed by atoms with E-state index in [2.05, 4.69) is 59.2 Å². The van der Waals surface area contributed by atoms with Gasteiger partial charge >= 0.3 is 0 Å². The van der Waals surface area contributed by atoms with Gasteiger partial charge in [-0.05, 0) is 46.9 Å². The maximum absolute atomic E-state index is 13.9. The summed E-state index contributed by atoms with van der Waals surface area (Å²) >= 11 is 0. The highest BCUT2D eigenvalue weighted by Crippen LogP contribution is 2.27. The Morgan fingerprint density at radius 3 is 2.00 bits per heavy atom. The Bertz CT molecular complexity index is 1230. The van der Waals surface area contributed by atoms with E-state index in [1.54, 1.807) is 13.0 Å². The SMILES string of the molecule is Cc1cc(C2N=C(c3ccc(-c4ccccc4)cc3)NC(c3ccccc3)N2)ccc1F. The van der Waals surface area contributed by atoms with Crippen LogP contribution in [0.2, 0.25) is 0 Å². The zero-order valence-corrected chi connectivity index (χ0v) is 17.8. The maximum Gasteiger partial charge on any atom is 0.131 e. The molecule has 1 aliphatic rings. The van der Waals surface area contributed by atoms with Crippen molar-refractivity contribution in [2.75, 3.05) is 0 Å². The molecule has 0 aromatic heterocycles. The molecular formula is C28H24FN3. The summed E-state index contributed by atoms with van der Waals surface area (Å²) in [5, 5.41) is 7.08. The van der Waals surface area contributed by atoms with E-state index in [0.717, 1.165) is 28.1 Å². The quantitative estimate of drug-likeness (QED) is 0.415. The summed E-state index contributed by atoms with van der Waals surface area (Å²) in [6.45, 7) is 1.78. The molecule has 32 heavy (non-hydrogen) atoms. The lowest BCUT2D eigenvalue weighted by Crippen LogP contribution is -2.44. The molecule has 4 aromatic carbocycles. The Morgan fingerprint density at radius 1 is 0.688 bits per heavy atom. The molecule has 0 fully saturated rings. The minimum absolute atomic E-state index is 0.118. The zero-order chi connectivity index (χ0) is 21.9. The van der Waals surface area contributed by atoms with E-state index in [9.17, 15) is 4.39 Å². The highest BCUT2D eigenvalue weighted by molar-refractivity contribution is 6.00. The van der Waals surface area contributed by atoms with Crippen LogP contribution in [0.3, 0.4) is 0 Å². The third-order valence-corrected chi connectivity index (χ3v) is 5.76. The number of hydrogen-bond donors (Lipinski definition) is 2. The van der Waals surface area contributed by atoms with E-state index in [4.69, 9.17) is 4.99 Å². The Hall–Kier alpha value is -3.76. The Labute approximate surface area is 187 Å². The van der Waals surface area contributed by atoms with Crippen molar-refractivity contribution in [2.24, 2.45) is 4.99 Å². The molecule has 1 heterocycles. The van der Waals surface area contributed by atoms with Gasteiger partial charge in [0.2, 0.25) is 0 Å². The first-order valence-corrected chi connectivity index (χ1v) is 10.7. The smallest absolute Gasteiger partial charge is 0.131 e. The van der Waals surface area contributed by atoms with Gasteiger partial charge in [0.1, 0.15) is 24.0 Å². The van der Waals surface area contributed by atoms with E-state index >= 15 is 0 Å². The fraction of sp³-hybridized carbons (Fsp3) is 0.107. The molecule has 0 saturated heterocycles. The van der Waals surface area contributed by atoms with Gasteiger partial charge in [-0.1, -0.05) is 91.0 Å². The molecule has 4 aromatic rings. The number of nitrogens with zero attached hydrogens (tertiary/aromatic N) is 1. The van der Waals surface area contributed by atoms with Crippen LogP contribution in [0, 0.1) is 12.7 Å². The van der Waals surface area contributed by atoms with Gasteiger partial charge in [-0.15, -0.1) is 0 Å². The molecule has 4 heteroatoms. The van der Waals surface area contributed by atoms with Crippen LogP contribution in [0.15, 0.2) is 108 Å². The van der Waals surface area contributed by atoms with Crippen LogP contribution in [0.5, 0.6) is 0 Å². The molecule has 2 unspecified atom stereocenters. The number of hydrogen-bond acceptors (Lipinski definition) is 3. The van der Waals surface area contributed by atoms with Crippen LogP contribution < -0.4 is 10.6 Å². The van der Waals surface area contributed by atoms with Crippen molar-refractivity contribution in [3.05, 3.63) is 131 Å². The van der Waals surface area contributed by atoms with Crippen molar-refractivity contribution in [3.63, 3.8) is 0 Å². The lowest BCUT2D eigenvalue weighted by atomic mass is 10.0. The number of nitrogens with one attached hydrogen (secondary N) is 2. The molecular weight excluding hydrogens is 397 g/mol. The predicted octanol–water partition coefficient (Wildman–Crippen LogP) is 6.14. The molecule has 0 bridgehead atoms. The highest BCUT2D eigenvalue weighted by Gasteiger charge is 2.25. The fourth-order valence-electron chi connectivity index (χ4n) is 3.98. The summed E-state index contributed by atoms with van der Waals surface area (Å²) in [5.41, 5.74) is 6.02. The molecule has 0 aliphatic carbocycles. The second-order valence-electron chi connectivity index (χ2n) is 7.99. The average Bonchev–Trinajstić information content (AvgIpc) is 2.86. The van der Waals surface area contributed by atoms with Crippen LogP contribution in [0.4, 0.5) is 4.39 Å². The van der Waals surface area contributed by atoms with Gasteiger partial charge in [-0.25, -0.2) is 9.38 Å². The van der Waals surface area contributed by atoms with Crippen molar-refractivity contribution in [3.8, 4) is 11.1 Å². The largest absolute Gasteiger partial charge is 0.350 e. The Morgan fingerprint density at radius 2 is 1.31 bits per heavy atom. The summed E-state index contributed by atoms with van der Waals surface area (Å²) in [6.07, 6.45) is -0.405. The second kappa shape index (κ2) is 8.77. The van der Waals surface area contributed by atoms with Crippen LogP contribution >= 0.6 is 0 Å². The molecule has 0 saturated carbocycles. The number of rotatable bonds is 4. The van der Waals surface area contributed by atoms with Crippen LogP contribution in [-0.4, -0.2) is 5.84 Å². The van der Waals surface area contributed by atoms with Gasteiger partial charge in [-0.2, -0.15) is 0 Å². The number of amidine groups is 1. The Kier molecular flexibility index (Phi) is 5.53. The topological polar surface area (TPSA) is 36.4 Å². The second-order valence-corrected chi connectivity index (χ2v) is 7.99. The minimum Gasteiger partial charge on any atom is -0.350 e. The van der Waals surface area contributed by atoms with Gasteiger partial charge in [0, 0.05) is 5.56 Å². The van der Waals surface area contributed by atoms with E-state index in [-0.39, 0.29) is 18.1 Å². The molecule has 0 spiro atoms. The standard InChI is InChI=1S/C28H24FN3/c1-19-18-24(16-17-25(19)29)28-31-26(22-10-6-3-7-11-22)30-27(32-28)23-14-12-21(13-15-23)20-8-4-2-5-9-20/h2-18,26,28,31H,1H3,(H,30,32). The van der Waals surface area contributed by atoms with Gasteiger partial charge in [0.25, 0.3) is 0 Å². The Balaban J connectivity index is 1.51. The molecule has 5 rings (SSSR count). The fourth-order valence-corrected chi connectivity index (χ4v) is 3.98. The molecule has 1 aliphatic heterocycles. The zero-order valence-electron chi connectivity index (χ0n) is 17.8. The highest BCUT2D eigenvalue weighted by atomic mass is 19.1. The average molecular weight is 422 g/mol. The van der Waals surface area contributed by atoms with Crippen LogP contribution in [0.1, 0.15) is 34.6 Å². The van der Waals surface area contributed by atoms with Gasteiger partial charge in [0.15, 0.2) is 0 Å². The van der Waals surface area contributed by atoms with Crippen LogP contribution in [0.25, 0.3) is 11.1 Å². The van der Waals surface area contributed by atoms with Gasteiger partial charge in [0.05, 0.1) is 0 Å². The molecule has 2 atom stereocenters. The normalized spacial score (nSPS) is 18.0. The summed E-state index contributed by atoms with van der Waals surface area (Å²) in [6, 6.07) is 34.1. The van der Waals surface area contributed by atoms with Crippen molar-refractivity contribution in [2.45, 2.75) is 19.3 Å². The van der Waals surface area contributed by atoms with E-state index in [1.165, 1.54) is 11.6 Å². The number of aliphatic imine (C=N–C) groups is 1. The molecule has 158 valence electrons. The number of aryl methyl sites for hydroxylation is 1. The van der Waals surface area contributed by atoms with Crippen molar-refractivity contribution >= 4 is 5.84 Å². The summed E-state index contributed by atoms with van der Waals surface area (Å²) in [4.78, 5) is 4.94. The molecule has 2 N–H and O–H groups in total. The van der Waals surface area contributed by atoms with Crippen molar-refractivity contribution < 1.29 is 4.39 Å². The first-order chi connectivity index (χ1) is 15.7. The summed E-state index contributed by atoms with van der Waals surface area (Å²) in [7, 11) is 0. The third kappa shape index (κ3) is 4.18. The minimum atomic E-state index is -0.287. The summed E-state index contributed by atoms with van der Waals surface area (Å²) < 4.78 is 13.9. The molecule has 0 radical (unpaired) electrons. The van der Waals surface area contributed by atoms with Crippen LogP contribution in [-0.2, 0) is 0 Å². The summed E-state index contributed by atoms with van der Waals surface area (Å²) in [5.74, 6) is 0.604. The van der Waals surface area contributed by atoms with E-state index < -0.39 is 0 Å². The van der Waals surface area contributed by atoms with Crippen molar-refractivity contribution in [1.82, 2.24) is 10.6 Å². The number of halogens is 1. The monoisotopic (exact) mass is 421 g/mol. The maximum atomic E-state index is 13.9. The first kappa shape index (κ1) is 20.2. The molecule has 0 amide bonds. The lowest BCUT2D eigenvalue weighted by Gasteiger charge is -2.32. The lowest BCUT2D eigenvalue weighted by molar-refractivity contribution is 0.408.